The summed E-state index contributed by atoms with van der Waals surface area (Å²) in [4.78, 5) is 24.6. The normalized spacial score (nSPS) is 23.9. The molecule has 1 atom stereocenters. The molecule has 0 saturated heterocycles. The Morgan fingerprint density at radius 1 is 1.30 bits per heavy atom. The lowest BCUT2D eigenvalue weighted by Crippen LogP contribution is -2.48. The van der Waals surface area contributed by atoms with E-state index in [1.54, 1.807) is 13.0 Å². The lowest BCUT2D eigenvalue weighted by atomic mass is 9.87. The van der Waals surface area contributed by atoms with Crippen molar-refractivity contribution in [2.24, 2.45) is 5.92 Å². The zero-order chi connectivity index (χ0) is 14.5. The highest BCUT2D eigenvalue weighted by Crippen LogP contribution is 2.23. The first-order valence-corrected chi connectivity index (χ1v) is 8.09. The summed E-state index contributed by atoms with van der Waals surface area (Å²) in [6.45, 7) is 3.98. The number of carbonyl (C=O) groups is 2. The monoisotopic (exact) mass is 294 g/mol. The fraction of sp³-hybridized carbons (Fsp3) is 0.600. The van der Waals surface area contributed by atoms with Gasteiger partial charge in [0.25, 0.3) is 5.91 Å². The number of hydrogen-bond acceptors (Lipinski definition) is 3. The molecular weight excluding hydrogens is 272 g/mol. The molecule has 1 aliphatic carbocycles. The van der Waals surface area contributed by atoms with E-state index < -0.39 is 6.04 Å². The van der Waals surface area contributed by atoms with Crippen molar-refractivity contribution in [2.75, 3.05) is 0 Å². The highest BCUT2D eigenvalue weighted by Gasteiger charge is 2.23. The summed E-state index contributed by atoms with van der Waals surface area (Å²) in [6, 6.07) is 3.35. The first kappa shape index (κ1) is 15.0. The second-order valence-corrected chi connectivity index (χ2v) is 6.59. The van der Waals surface area contributed by atoms with Crippen LogP contribution in [0, 0.1) is 5.92 Å². The third-order valence-corrected chi connectivity index (χ3v) is 4.72. The molecule has 1 aromatic rings. The summed E-state index contributed by atoms with van der Waals surface area (Å²) in [7, 11) is 0. The number of thiophene rings is 1. The van der Waals surface area contributed by atoms with Crippen LogP contribution < -0.4 is 10.6 Å². The van der Waals surface area contributed by atoms with E-state index in [2.05, 4.69) is 17.6 Å². The van der Waals surface area contributed by atoms with Gasteiger partial charge in [-0.2, -0.15) is 0 Å². The molecule has 1 saturated carbocycles. The van der Waals surface area contributed by atoms with E-state index >= 15 is 0 Å². The van der Waals surface area contributed by atoms with Crippen molar-refractivity contribution in [3.8, 4) is 0 Å². The fourth-order valence-corrected chi connectivity index (χ4v) is 3.10. The predicted molar refractivity (Wildman–Crippen MR) is 80.8 cm³/mol. The van der Waals surface area contributed by atoms with Crippen LogP contribution in [0.1, 0.15) is 49.2 Å². The Hall–Kier alpha value is -1.36. The van der Waals surface area contributed by atoms with E-state index in [-0.39, 0.29) is 17.9 Å². The SMILES string of the molecule is CC1CCC(NC(=O)[C@H](C)NC(=O)c2cccs2)CC1. The van der Waals surface area contributed by atoms with Crippen LogP contribution in [0.25, 0.3) is 0 Å². The van der Waals surface area contributed by atoms with Gasteiger partial charge in [0.2, 0.25) is 5.91 Å². The van der Waals surface area contributed by atoms with Gasteiger partial charge in [-0.3, -0.25) is 9.59 Å². The second-order valence-electron chi connectivity index (χ2n) is 5.64. The standard InChI is InChI=1S/C15H22N2O2S/c1-10-5-7-12(8-6-10)17-14(18)11(2)16-15(19)13-4-3-9-20-13/h3-4,9-12H,5-8H2,1-2H3,(H,16,19)(H,17,18)/t10?,11-,12?/m0/s1. The first-order valence-electron chi connectivity index (χ1n) is 7.21. The van der Waals surface area contributed by atoms with Gasteiger partial charge in [0.05, 0.1) is 4.88 Å². The Bertz CT molecular complexity index is 450. The van der Waals surface area contributed by atoms with Crippen molar-refractivity contribution in [3.63, 3.8) is 0 Å². The van der Waals surface area contributed by atoms with E-state index in [0.717, 1.165) is 18.8 Å². The van der Waals surface area contributed by atoms with E-state index in [0.29, 0.717) is 4.88 Å². The molecule has 2 amide bonds. The summed E-state index contributed by atoms with van der Waals surface area (Å²) in [5.41, 5.74) is 0. The van der Waals surface area contributed by atoms with Crippen LogP contribution in [-0.4, -0.2) is 23.9 Å². The molecular formula is C15H22N2O2S. The van der Waals surface area contributed by atoms with Crippen LogP contribution in [0.15, 0.2) is 17.5 Å². The second kappa shape index (κ2) is 6.88. The number of rotatable bonds is 4. The van der Waals surface area contributed by atoms with Crippen molar-refractivity contribution in [3.05, 3.63) is 22.4 Å². The molecule has 1 heterocycles. The molecule has 0 spiro atoms. The molecule has 0 unspecified atom stereocenters. The van der Waals surface area contributed by atoms with Crippen LogP contribution in [0.2, 0.25) is 0 Å². The van der Waals surface area contributed by atoms with Crippen LogP contribution in [0.5, 0.6) is 0 Å². The van der Waals surface area contributed by atoms with Gasteiger partial charge < -0.3 is 10.6 Å². The number of nitrogens with one attached hydrogen (secondary N) is 2. The number of amides is 2. The minimum absolute atomic E-state index is 0.0885. The maximum atomic E-state index is 12.1. The molecule has 0 radical (unpaired) electrons. The van der Waals surface area contributed by atoms with Crippen LogP contribution in [-0.2, 0) is 4.79 Å². The minimum atomic E-state index is -0.496. The Balaban J connectivity index is 1.78. The van der Waals surface area contributed by atoms with Gasteiger partial charge in [-0.25, -0.2) is 0 Å². The predicted octanol–water partition coefficient (Wildman–Crippen LogP) is 2.56. The maximum absolute atomic E-state index is 12.1. The van der Waals surface area contributed by atoms with Gasteiger partial charge in [-0.05, 0) is 50.0 Å². The van der Waals surface area contributed by atoms with Gasteiger partial charge >= 0.3 is 0 Å². The third-order valence-electron chi connectivity index (χ3n) is 3.85. The molecule has 110 valence electrons. The Morgan fingerprint density at radius 2 is 2.00 bits per heavy atom. The molecule has 20 heavy (non-hydrogen) atoms. The van der Waals surface area contributed by atoms with Crippen molar-refractivity contribution in [1.82, 2.24) is 10.6 Å². The van der Waals surface area contributed by atoms with E-state index in [4.69, 9.17) is 0 Å². The molecule has 1 aliphatic rings. The molecule has 1 fully saturated rings. The van der Waals surface area contributed by atoms with E-state index in [1.807, 2.05) is 11.4 Å². The van der Waals surface area contributed by atoms with Gasteiger partial charge in [-0.1, -0.05) is 13.0 Å². The molecule has 5 heteroatoms. The molecule has 0 aromatic carbocycles. The summed E-state index contributed by atoms with van der Waals surface area (Å²) >= 11 is 1.38. The average Bonchev–Trinajstić information content (AvgIpc) is 2.95. The van der Waals surface area contributed by atoms with Crippen molar-refractivity contribution < 1.29 is 9.59 Å². The van der Waals surface area contributed by atoms with E-state index in [9.17, 15) is 9.59 Å². The van der Waals surface area contributed by atoms with Gasteiger partial charge in [0, 0.05) is 6.04 Å². The van der Waals surface area contributed by atoms with Crippen molar-refractivity contribution in [2.45, 2.75) is 51.6 Å². The Kier molecular flexibility index (Phi) is 5.17. The molecule has 0 bridgehead atoms. The Labute approximate surface area is 124 Å². The van der Waals surface area contributed by atoms with Gasteiger partial charge in [0.1, 0.15) is 6.04 Å². The summed E-state index contributed by atoms with van der Waals surface area (Å²) in [5, 5.41) is 7.63. The fourth-order valence-electron chi connectivity index (χ4n) is 2.47. The van der Waals surface area contributed by atoms with Gasteiger partial charge in [-0.15, -0.1) is 11.3 Å². The Morgan fingerprint density at radius 3 is 2.60 bits per heavy atom. The number of carbonyl (C=O) groups excluding carboxylic acids is 2. The topological polar surface area (TPSA) is 58.2 Å². The van der Waals surface area contributed by atoms with Crippen molar-refractivity contribution >= 4 is 23.2 Å². The summed E-state index contributed by atoms with van der Waals surface area (Å²) in [5.74, 6) is 0.494. The lowest BCUT2D eigenvalue weighted by molar-refractivity contribution is -0.123. The molecule has 1 aromatic heterocycles. The van der Waals surface area contributed by atoms with Crippen LogP contribution in [0.4, 0.5) is 0 Å². The molecule has 2 N–H and O–H groups in total. The summed E-state index contributed by atoms with van der Waals surface area (Å²) < 4.78 is 0. The highest BCUT2D eigenvalue weighted by molar-refractivity contribution is 7.12. The van der Waals surface area contributed by atoms with Crippen LogP contribution in [0.3, 0.4) is 0 Å². The third kappa shape index (κ3) is 4.07. The van der Waals surface area contributed by atoms with Crippen molar-refractivity contribution in [1.29, 1.82) is 0 Å². The molecule has 4 nitrogen and oxygen atoms in total. The maximum Gasteiger partial charge on any atom is 0.261 e. The van der Waals surface area contributed by atoms with Crippen LogP contribution >= 0.6 is 11.3 Å². The lowest BCUT2D eigenvalue weighted by Gasteiger charge is -2.28. The largest absolute Gasteiger partial charge is 0.352 e. The van der Waals surface area contributed by atoms with E-state index in [1.165, 1.54) is 24.2 Å². The minimum Gasteiger partial charge on any atom is -0.352 e. The first-order chi connectivity index (χ1) is 9.56. The molecule has 2 rings (SSSR count). The quantitative estimate of drug-likeness (QED) is 0.896. The van der Waals surface area contributed by atoms with Gasteiger partial charge in [0.15, 0.2) is 0 Å². The molecule has 0 aliphatic heterocycles. The zero-order valence-electron chi connectivity index (χ0n) is 12.0. The zero-order valence-corrected chi connectivity index (χ0v) is 12.8. The average molecular weight is 294 g/mol. The number of hydrogen-bond donors (Lipinski definition) is 2. The smallest absolute Gasteiger partial charge is 0.261 e. The highest BCUT2D eigenvalue weighted by atomic mass is 32.1. The summed E-state index contributed by atoms with van der Waals surface area (Å²) in [6.07, 6.45) is 4.42.